The Morgan fingerprint density at radius 1 is 1.48 bits per heavy atom. The summed E-state index contributed by atoms with van der Waals surface area (Å²) in [7, 11) is 0. The molecule has 2 rings (SSSR count). The molecule has 21 heavy (non-hydrogen) atoms. The van der Waals surface area contributed by atoms with E-state index in [9.17, 15) is 20.0 Å². The summed E-state index contributed by atoms with van der Waals surface area (Å²) in [5.41, 5.74) is 0.179. The van der Waals surface area contributed by atoms with Crippen molar-refractivity contribution in [2.75, 3.05) is 11.9 Å². The van der Waals surface area contributed by atoms with Gasteiger partial charge in [-0.3, -0.25) is 10.1 Å². The zero-order valence-electron chi connectivity index (χ0n) is 11.8. The van der Waals surface area contributed by atoms with Crippen LogP contribution in [0.2, 0.25) is 0 Å². The van der Waals surface area contributed by atoms with Crippen LogP contribution < -0.4 is 10.6 Å². The summed E-state index contributed by atoms with van der Waals surface area (Å²) in [5, 5.41) is 25.5. The molecule has 1 fully saturated rings. The number of nitro benzene ring substituents is 1. The first-order valence-corrected chi connectivity index (χ1v) is 6.87. The average Bonchev–Trinajstić information content (AvgIpc) is 2.81. The molecule has 0 unspecified atom stereocenters. The van der Waals surface area contributed by atoms with Gasteiger partial charge in [-0.25, -0.2) is 4.79 Å². The van der Waals surface area contributed by atoms with Crippen molar-refractivity contribution in [3.63, 3.8) is 0 Å². The molecule has 0 saturated heterocycles. The third-order valence-electron chi connectivity index (χ3n) is 4.08. The Balaban J connectivity index is 1.94. The predicted molar refractivity (Wildman–Crippen MR) is 78.1 cm³/mol. The third kappa shape index (κ3) is 3.49. The molecular weight excluding hydrogens is 274 g/mol. The standard InChI is InChI=1S/C14H19N3O4/c1-14(9-18)8-2-3-12(14)16-13(19)15-10-4-6-11(7-5-10)17(20)21/h4-7,12,18H,2-3,8-9H2,1H3,(H2,15,16,19)/t12-,14-/m0/s1. The van der Waals surface area contributed by atoms with Crippen LogP contribution >= 0.6 is 0 Å². The molecule has 1 aliphatic carbocycles. The van der Waals surface area contributed by atoms with Crippen LogP contribution in [0.25, 0.3) is 0 Å². The van der Waals surface area contributed by atoms with Crippen molar-refractivity contribution in [1.29, 1.82) is 0 Å². The van der Waals surface area contributed by atoms with E-state index >= 15 is 0 Å². The zero-order valence-corrected chi connectivity index (χ0v) is 11.8. The van der Waals surface area contributed by atoms with E-state index in [1.54, 1.807) is 0 Å². The van der Waals surface area contributed by atoms with Crippen LogP contribution in [0.15, 0.2) is 24.3 Å². The number of amides is 2. The van der Waals surface area contributed by atoms with Gasteiger partial charge in [0, 0.05) is 29.3 Å². The highest BCUT2D eigenvalue weighted by molar-refractivity contribution is 5.89. The van der Waals surface area contributed by atoms with Crippen LogP contribution in [0.1, 0.15) is 26.2 Å². The van der Waals surface area contributed by atoms with Gasteiger partial charge in [-0.2, -0.15) is 0 Å². The van der Waals surface area contributed by atoms with Gasteiger partial charge in [-0.05, 0) is 25.0 Å². The van der Waals surface area contributed by atoms with Gasteiger partial charge in [0.2, 0.25) is 0 Å². The lowest BCUT2D eigenvalue weighted by molar-refractivity contribution is -0.384. The van der Waals surface area contributed by atoms with Gasteiger partial charge < -0.3 is 15.7 Å². The van der Waals surface area contributed by atoms with E-state index < -0.39 is 4.92 Å². The number of carbonyl (C=O) groups excluding carboxylic acids is 1. The van der Waals surface area contributed by atoms with Gasteiger partial charge in [0.05, 0.1) is 11.5 Å². The predicted octanol–water partition coefficient (Wildman–Crippen LogP) is 2.27. The lowest BCUT2D eigenvalue weighted by Crippen LogP contribution is -2.46. The Morgan fingerprint density at radius 2 is 2.14 bits per heavy atom. The molecular formula is C14H19N3O4. The van der Waals surface area contributed by atoms with Gasteiger partial charge in [-0.15, -0.1) is 0 Å². The lowest BCUT2D eigenvalue weighted by atomic mass is 9.86. The minimum Gasteiger partial charge on any atom is -0.396 e. The molecule has 1 aromatic rings. The Morgan fingerprint density at radius 3 is 2.71 bits per heavy atom. The first kappa shape index (κ1) is 15.2. The van der Waals surface area contributed by atoms with Crippen LogP contribution in [0, 0.1) is 15.5 Å². The van der Waals surface area contributed by atoms with E-state index in [1.807, 2.05) is 6.92 Å². The largest absolute Gasteiger partial charge is 0.396 e. The van der Waals surface area contributed by atoms with Gasteiger partial charge in [-0.1, -0.05) is 13.3 Å². The summed E-state index contributed by atoms with van der Waals surface area (Å²) >= 11 is 0. The second-order valence-corrected chi connectivity index (χ2v) is 5.66. The molecule has 0 aromatic heterocycles. The number of aliphatic hydroxyl groups excluding tert-OH is 1. The minimum atomic E-state index is -0.491. The van der Waals surface area contributed by atoms with Crippen molar-refractivity contribution in [3.05, 3.63) is 34.4 Å². The highest BCUT2D eigenvalue weighted by Crippen LogP contribution is 2.37. The normalized spacial score (nSPS) is 24.6. The topological polar surface area (TPSA) is 104 Å². The molecule has 2 amide bonds. The van der Waals surface area contributed by atoms with Gasteiger partial charge >= 0.3 is 6.03 Å². The molecule has 0 aliphatic heterocycles. The van der Waals surface area contributed by atoms with Crippen molar-refractivity contribution >= 4 is 17.4 Å². The van der Waals surface area contributed by atoms with Crippen LogP contribution in [0.3, 0.4) is 0 Å². The number of non-ortho nitro benzene ring substituents is 1. The quantitative estimate of drug-likeness (QED) is 0.585. The van der Waals surface area contributed by atoms with Gasteiger partial charge in [0.25, 0.3) is 5.69 Å². The van der Waals surface area contributed by atoms with Crippen molar-refractivity contribution in [2.45, 2.75) is 32.2 Å². The summed E-state index contributed by atoms with van der Waals surface area (Å²) in [5.74, 6) is 0. The SMILES string of the molecule is C[C@@]1(CO)CCC[C@@H]1NC(=O)Nc1ccc([N+](=O)[O-])cc1. The molecule has 7 nitrogen and oxygen atoms in total. The summed E-state index contributed by atoms with van der Waals surface area (Å²) in [6.45, 7) is 1.99. The Hall–Kier alpha value is -2.15. The zero-order chi connectivity index (χ0) is 15.5. The Kier molecular flexibility index (Phi) is 4.42. The summed E-state index contributed by atoms with van der Waals surface area (Å²) in [6.07, 6.45) is 2.69. The van der Waals surface area contributed by atoms with E-state index in [4.69, 9.17) is 0 Å². The first-order chi connectivity index (χ1) is 9.94. The highest BCUT2D eigenvalue weighted by Gasteiger charge is 2.39. The van der Waals surface area contributed by atoms with Crippen molar-refractivity contribution < 1.29 is 14.8 Å². The summed E-state index contributed by atoms with van der Waals surface area (Å²) in [4.78, 5) is 22.0. The van der Waals surface area contributed by atoms with Crippen LogP contribution in [-0.4, -0.2) is 28.7 Å². The molecule has 0 heterocycles. The number of benzene rings is 1. The van der Waals surface area contributed by atoms with Crippen LogP contribution in [-0.2, 0) is 0 Å². The van der Waals surface area contributed by atoms with Crippen molar-refractivity contribution in [2.24, 2.45) is 5.41 Å². The number of hydrogen-bond donors (Lipinski definition) is 3. The molecule has 114 valence electrons. The number of aliphatic hydroxyl groups is 1. The number of hydrogen-bond acceptors (Lipinski definition) is 4. The fraction of sp³-hybridized carbons (Fsp3) is 0.500. The first-order valence-electron chi connectivity index (χ1n) is 6.87. The van der Waals surface area contributed by atoms with Crippen LogP contribution in [0.5, 0.6) is 0 Å². The fourth-order valence-corrected chi connectivity index (χ4v) is 2.66. The smallest absolute Gasteiger partial charge is 0.319 e. The minimum absolute atomic E-state index is 0.0235. The molecule has 1 aliphatic rings. The fourth-order valence-electron chi connectivity index (χ4n) is 2.66. The van der Waals surface area contributed by atoms with Crippen LogP contribution in [0.4, 0.5) is 16.2 Å². The Bertz CT molecular complexity index is 532. The molecule has 0 spiro atoms. The van der Waals surface area contributed by atoms with E-state index in [-0.39, 0.29) is 29.8 Å². The number of urea groups is 1. The molecule has 1 saturated carbocycles. The molecule has 0 bridgehead atoms. The van der Waals surface area contributed by atoms with Gasteiger partial charge in [0.15, 0.2) is 0 Å². The average molecular weight is 293 g/mol. The van der Waals surface area contributed by atoms with Crippen molar-refractivity contribution in [1.82, 2.24) is 5.32 Å². The molecule has 1 aromatic carbocycles. The van der Waals surface area contributed by atoms with E-state index in [2.05, 4.69) is 10.6 Å². The second kappa shape index (κ2) is 6.09. The Labute approximate surface area is 122 Å². The third-order valence-corrected chi connectivity index (χ3v) is 4.08. The van der Waals surface area contributed by atoms with E-state index in [0.717, 1.165) is 19.3 Å². The molecule has 2 atom stereocenters. The van der Waals surface area contributed by atoms with Crippen molar-refractivity contribution in [3.8, 4) is 0 Å². The van der Waals surface area contributed by atoms with E-state index in [1.165, 1.54) is 24.3 Å². The number of nitrogens with zero attached hydrogens (tertiary/aromatic N) is 1. The monoisotopic (exact) mass is 293 g/mol. The maximum Gasteiger partial charge on any atom is 0.319 e. The van der Waals surface area contributed by atoms with E-state index in [0.29, 0.717) is 5.69 Å². The molecule has 7 heteroatoms. The lowest BCUT2D eigenvalue weighted by Gasteiger charge is -2.30. The van der Waals surface area contributed by atoms with Gasteiger partial charge in [0.1, 0.15) is 0 Å². The number of nitrogens with one attached hydrogen (secondary N) is 2. The summed E-state index contributed by atoms with van der Waals surface area (Å²) < 4.78 is 0. The second-order valence-electron chi connectivity index (χ2n) is 5.66. The highest BCUT2D eigenvalue weighted by atomic mass is 16.6. The number of rotatable bonds is 4. The number of anilines is 1. The number of carbonyl (C=O) groups is 1. The number of nitro groups is 1. The molecule has 0 radical (unpaired) electrons. The molecule has 3 N–H and O–H groups in total. The maximum absolute atomic E-state index is 12.0. The summed E-state index contributed by atoms with van der Waals surface area (Å²) in [6, 6.07) is 5.21. The maximum atomic E-state index is 12.0.